The number of sulfonamides is 1. The molecule has 0 aromatic heterocycles. The highest BCUT2D eigenvalue weighted by atomic mass is 32.2. The van der Waals surface area contributed by atoms with Gasteiger partial charge in [-0.3, -0.25) is 4.79 Å². The predicted octanol–water partition coefficient (Wildman–Crippen LogP) is -0.344. The Morgan fingerprint density at radius 1 is 1.32 bits per heavy atom. The first-order valence-electron chi connectivity index (χ1n) is 7.00. The molecule has 2 aliphatic rings. The number of nitrogens with zero attached hydrogens (tertiary/aromatic N) is 1. The molecule has 0 bridgehead atoms. The summed E-state index contributed by atoms with van der Waals surface area (Å²) in [5.74, 6) is 0.560. The average Bonchev–Trinajstić information content (AvgIpc) is 2.38. The fourth-order valence-corrected chi connectivity index (χ4v) is 4.52. The molecule has 2 heterocycles. The highest BCUT2D eigenvalue weighted by Crippen LogP contribution is 2.27. The van der Waals surface area contributed by atoms with Crippen molar-refractivity contribution in [3.05, 3.63) is 0 Å². The van der Waals surface area contributed by atoms with Crippen LogP contribution in [0, 0.1) is 5.92 Å². The molecule has 0 saturated carbocycles. The van der Waals surface area contributed by atoms with Gasteiger partial charge in [0.2, 0.25) is 15.9 Å². The third-order valence-corrected chi connectivity index (χ3v) is 5.96. The van der Waals surface area contributed by atoms with Crippen molar-refractivity contribution in [1.82, 2.24) is 9.62 Å². The number of nitrogens with one attached hydrogen (secondary N) is 1. The van der Waals surface area contributed by atoms with Crippen molar-refractivity contribution in [2.45, 2.75) is 38.1 Å². The molecular formula is C12H23N3O3S. The van der Waals surface area contributed by atoms with Gasteiger partial charge in [0.1, 0.15) is 0 Å². The van der Waals surface area contributed by atoms with Crippen LogP contribution in [0.25, 0.3) is 0 Å². The topological polar surface area (TPSA) is 92.5 Å². The first-order valence-corrected chi connectivity index (χ1v) is 8.61. The van der Waals surface area contributed by atoms with E-state index in [1.54, 1.807) is 4.31 Å². The van der Waals surface area contributed by atoms with Crippen LogP contribution < -0.4 is 11.1 Å². The summed E-state index contributed by atoms with van der Waals surface area (Å²) in [6.07, 6.45) is 3.41. The molecule has 2 unspecified atom stereocenters. The van der Waals surface area contributed by atoms with Crippen molar-refractivity contribution in [2.24, 2.45) is 11.7 Å². The van der Waals surface area contributed by atoms with E-state index in [4.69, 9.17) is 5.73 Å². The Balaban J connectivity index is 1.91. The fourth-order valence-electron chi connectivity index (χ4n) is 2.89. The van der Waals surface area contributed by atoms with Crippen LogP contribution in [0.3, 0.4) is 0 Å². The molecule has 0 spiro atoms. The Morgan fingerprint density at radius 3 is 2.84 bits per heavy atom. The summed E-state index contributed by atoms with van der Waals surface area (Å²) in [6, 6.07) is 0.164. The van der Waals surface area contributed by atoms with Gasteiger partial charge in [0, 0.05) is 25.6 Å². The Kier molecular flexibility index (Phi) is 4.81. The van der Waals surface area contributed by atoms with E-state index >= 15 is 0 Å². The molecule has 19 heavy (non-hydrogen) atoms. The molecule has 6 nitrogen and oxygen atoms in total. The molecule has 2 aliphatic heterocycles. The maximum absolute atomic E-state index is 12.2. The number of amides is 1. The minimum atomic E-state index is -3.15. The number of carbonyl (C=O) groups is 1. The Bertz CT molecular complexity index is 424. The van der Waals surface area contributed by atoms with Gasteiger partial charge < -0.3 is 11.1 Å². The lowest BCUT2D eigenvalue weighted by Crippen LogP contribution is -2.55. The summed E-state index contributed by atoms with van der Waals surface area (Å²) in [5.41, 5.74) is 5.39. The van der Waals surface area contributed by atoms with Gasteiger partial charge in [-0.1, -0.05) is 0 Å². The van der Waals surface area contributed by atoms with Gasteiger partial charge in [-0.2, -0.15) is 0 Å². The van der Waals surface area contributed by atoms with E-state index in [1.807, 2.05) is 0 Å². The average molecular weight is 289 g/mol. The molecule has 0 aliphatic carbocycles. The third kappa shape index (κ3) is 3.67. The van der Waals surface area contributed by atoms with Crippen molar-refractivity contribution in [1.29, 1.82) is 0 Å². The van der Waals surface area contributed by atoms with E-state index in [0.29, 0.717) is 32.5 Å². The van der Waals surface area contributed by atoms with Crippen LogP contribution in [-0.2, 0) is 14.8 Å². The summed E-state index contributed by atoms with van der Waals surface area (Å²) in [6.45, 7) is 1.61. The number of nitrogens with two attached hydrogens (primary N) is 1. The summed E-state index contributed by atoms with van der Waals surface area (Å²) in [5, 5.41) is 2.97. The van der Waals surface area contributed by atoms with Gasteiger partial charge in [-0.25, -0.2) is 12.7 Å². The van der Waals surface area contributed by atoms with Gasteiger partial charge in [0.25, 0.3) is 0 Å². The number of carbonyl (C=O) groups excluding carboxylic acids is 1. The molecule has 2 fully saturated rings. The van der Waals surface area contributed by atoms with Crippen molar-refractivity contribution in [3.63, 3.8) is 0 Å². The minimum Gasteiger partial charge on any atom is -0.353 e. The van der Waals surface area contributed by atoms with Gasteiger partial charge in [0.15, 0.2) is 0 Å². The normalized spacial score (nSPS) is 28.8. The Hall–Kier alpha value is -0.660. The lowest BCUT2D eigenvalue weighted by atomic mass is 9.86. The van der Waals surface area contributed by atoms with E-state index in [1.165, 1.54) is 0 Å². The number of unbranched alkanes of at least 4 members (excludes halogenated alkanes) is 1. The summed E-state index contributed by atoms with van der Waals surface area (Å²) in [4.78, 5) is 11.3. The second kappa shape index (κ2) is 6.19. The quantitative estimate of drug-likeness (QED) is 0.677. The van der Waals surface area contributed by atoms with Crippen LogP contribution in [0.4, 0.5) is 0 Å². The summed E-state index contributed by atoms with van der Waals surface area (Å²) >= 11 is 0. The molecule has 3 N–H and O–H groups in total. The third-order valence-electron chi connectivity index (χ3n) is 4.04. The lowest BCUT2D eigenvalue weighted by molar-refractivity contribution is -0.124. The molecule has 110 valence electrons. The smallest absolute Gasteiger partial charge is 0.220 e. The summed E-state index contributed by atoms with van der Waals surface area (Å²) in [7, 11) is -3.15. The zero-order valence-electron chi connectivity index (χ0n) is 11.2. The summed E-state index contributed by atoms with van der Waals surface area (Å²) < 4.78 is 26.0. The number of hydrogen-bond donors (Lipinski definition) is 2. The maximum atomic E-state index is 12.2. The monoisotopic (exact) mass is 289 g/mol. The van der Waals surface area contributed by atoms with E-state index in [0.717, 1.165) is 19.3 Å². The molecule has 7 heteroatoms. The zero-order chi connectivity index (χ0) is 13.9. The maximum Gasteiger partial charge on any atom is 0.220 e. The Labute approximate surface area is 114 Å². The molecule has 2 saturated heterocycles. The fraction of sp³-hybridized carbons (Fsp3) is 0.917. The molecule has 0 aromatic rings. The number of hydrogen-bond acceptors (Lipinski definition) is 4. The number of piperidine rings is 2. The van der Waals surface area contributed by atoms with Gasteiger partial charge in [-0.05, 0) is 38.1 Å². The zero-order valence-corrected chi connectivity index (χ0v) is 12.0. The largest absolute Gasteiger partial charge is 0.353 e. The SMILES string of the molecule is NCCCCS(=O)(=O)N1CCC2NC(=O)CCC2C1. The molecule has 2 rings (SSSR count). The lowest BCUT2D eigenvalue weighted by Gasteiger charge is -2.40. The van der Waals surface area contributed by atoms with Crippen molar-refractivity contribution >= 4 is 15.9 Å². The number of rotatable bonds is 5. The van der Waals surface area contributed by atoms with Crippen LogP contribution in [0.5, 0.6) is 0 Å². The van der Waals surface area contributed by atoms with Crippen molar-refractivity contribution in [3.8, 4) is 0 Å². The predicted molar refractivity (Wildman–Crippen MR) is 72.9 cm³/mol. The molecular weight excluding hydrogens is 266 g/mol. The Morgan fingerprint density at radius 2 is 2.11 bits per heavy atom. The molecule has 0 aromatic carbocycles. The van der Waals surface area contributed by atoms with Crippen LogP contribution in [0.15, 0.2) is 0 Å². The van der Waals surface area contributed by atoms with E-state index in [-0.39, 0.29) is 23.6 Å². The highest BCUT2D eigenvalue weighted by molar-refractivity contribution is 7.89. The van der Waals surface area contributed by atoms with Crippen LogP contribution in [0.1, 0.15) is 32.1 Å². The minimum absolute atomic E-state index is 0.0977. The van der Waals surface area contributed by atoms with E-state index in [9.17, 15) is 13.2 Å². The molecule has 0 radical (unpaired) electrons. The van der Waals surface area contributed by atoms with Crippen molar-refractivity contribution < 1.29 is 13.2 Å². The van der Waals surface area contributed by atoms with Crippen molar-refractivity contribution in [2.75, 3.05) is 25.4 Å². The van der Waals surface area contributed by atoms with Crippen LogP contribution in [0.2, 0.25) is 0 Å². The van der Waals surface area contributed by atoms with Gasteiger partial charge in [0.05, 0.1) is 5.75 Å². The first-order chi connectivity index (χ1) is 9.03. The standard InChI is InChI=1S/C12H23N3O3S/c13-6-1-2-8-19(17,18)15-7-5-11-10(9-15)3-4-12(16)14-11/h10-11H,1-9,13H2,(H,14,16). The van der Waals surface area contributed by atoms with Gasteiger partial charge in [-0.15, -0.1) is 0 Å². The van der Waals surface area contributed by atoms with Crippen LogP contribution >= 0.6 is 0 Å². The second-order valence-electron chi connectivity index (χ2n) is 5.43. The van der Waals surface area contributed by atoms with E-state index < -0.39 is 10.0 Å². The first kappa shape index (κ1) is 14.7. The highest BCUT2D eigenvalue weighted by Gasteiger charge is 2.37. The van der Waals surface area contributed by atoms with Gasteiger partial charge >= 0.3 is 0 Å². The van der Waals surface area contributed by atoms with Crippen LogP contribution in [-0.4, -0.2) is 50.1 Å². The second-order valence-corrected chi connectivity index (χ2v) is 7.52. The van der Waals surface area contributed by atoms with E-state index in [2.05, 4.69) is 5.32 Å². The number of fused-ring (bicyclic) bond motifs is 1. The molecule has 2 atom stereocenters. The molecule has 1 amide bonds.